The van der Waals surface area contributed by atoms with Gasteiger partial charge in [0.05, 0.1) is 6.61 Å². The van der Waals surface area contributed by atoms with Gasteiger partial charge in [-0.25, -0.2) is 0 Å². The number of nitrogens with one attached hydrogen (secondary N) is 1. The van der Waals surface area contributed by atoms with Crippen LogP contribution >= 0.6 is 0 Å². The second kappa shape index (κ2) is 6.08. The zero-order chi connectivity index (χ0) is 11.3. The van der Waals surface area contributed by atoms with Crippen molar-refractivity contribution >= 4 is 5.91 Å². The summed E-state index contributed by atoms with van der Waals surface area (Å²) in [4.78, 5) is 13.3. The van der Waals surface area contributed by atoms with E-state index >= 15 is 0 Å². The van der Waals surface area contributed by atoms with Gasteiger partial charge in [0, 0.05) is 38.7 Å². The Kier molecular flexibility index (Phi) is 5.05. The van der Waals surface area contributed by atoms with E-state index in [1.54, 1.807) is 7.11 Å². The number of rotatable bonds is 6. The molecule has 15 heavy (non-hydrogen) atoms. The number of hydrogen-bond acceptors (Lipinski definition) is 3. The molecular weight excluding hydrogens is 192 g/mol. The fourth-order valence-corrected chi connectivity index (χ4v) is 2.06. The topological polar surface area (TPSA) is 41.6 Å². The molecule has 0 aromatic heterocycles. The fourth-order valence-electron chi connectivity index (χ4n) is 2.06. The van der Waals surface area contributed by atoms with Crippen molar-refractivity contribution in [3.05, 3.63) is 0 Å². The van der Waals surface area contributed by atoms with E-state index in [4.69, 9.17) is 4.74 Å². The number of nitrogens with zero attached hydrogens (tertiary/aromatic N) is 1. The van der Waals surface area contributed by atoms with Crippen molar-refractivity contribution in [1.29, 1.82) is 0 Å². The number of hydrogen-bond donors (Lipinski definition) is 1. The highest BCUT2D eigenvalue weighted by molar-refractivity contribution is 5.78. The van der Waals surface area contributed by atoms with Gasteiger partial charge in [-0.2, -0.15) is 0 Å². The molecule has 4 heteroatoms. The SMILES string of the molecule is COCC(C)NC(C)CN1CCCC1=O. The van der Waals surface area contributed by atoms with Crippen LogP contribution in [0.2, 0.25) is 0 Å². The first-order valence-electron chi connectivity index (χ1n) is 5.66. The van der Waals surface area contributed by atoms with Crippen molar-refractivity contribution in [2.75, 3.05) is 26.8 Å². The van der Waals surface area contributed by atoms with Gasteiger partial charge in [0.1, 0.15) is 0 Å². The molecule has 1 rings (SSSR count). The van der Waals surface area contributed by atoms with Crippen molar-refractivity contribution < 1.29 is 9.53 Å². The monoisotopic (exact) mass is 214 g/mol. The van der Waals surface area contributed by atoms with Crippen molar-refractivity contribution in [1.82, 2.24) is 10.2 Å². The van der Waals surface area contributed by atoms with Gasteiger partial charge >= 0.3 is 0 Å². The van der Waals surface area contributed by atoms with E-state index in [2.05, 4.69) is 19.2 Å². The van der Waals surface area contributed by atoms with Crippen LogP contribution in [0.1, 0.15) is 26.7 Å². The van der Waals surface area contributed by atoms with Gasteiger partial charge in [-0.1, -0.05) is 0 Å². The molecule has 0 aromatic rings. The fraction of sp³-hybridized carbons (Fsp3) is 0.909. The molecule has 88 valence electrons. The van der Waals surface area contributed by atoms with Crippen LogP contribution in [0.4, 0.5) is 0 Å². The Morgan fingerprint density at radius 1 is 1.47 bits per heavy atom. The minimum absolute atomic E-state index is 0.294. The molecule has 1 aliphatic heterocycles. The summed E-state index contributed by atoms with van der Waals surface area (Å²) in [6.07, 6.45) is 1.74. The Labute approximate surface area is 92.0 Å². The van der Waals surface area contributed by atoms with Crippen molar-refractivity contribution in [3.63, 3.8) is 0 Å². The largest absolute Gasteiger partial charge is 0.383 e. The third kappa shape index (κ3) is 4.18. The molecule has 1 fully saturated rings. The smallest absolute Gasteiger partial charge is 0.222 e. The highest BCUT2D eigenvalue weighted by Crippen LogP contribution is 2.09. The highest BCUT2D eigenvalue weighted by atomic mass is 16.5. The summed E-state index contributed by atoms with van der Waals surface area (Å²) in [5.41, 5.74) is 0. The van der Waals surface area contributed by atoms with Crippen LogP contribution in [0.3, 0.4) is 0 Å². The lowest BCUT2D eigenvalue weighted by Crippen LogP contribution is -2.44. The second-order valence-corrected chi connectivity index (χ2v) is 4.37. The maximum absolute atomic E-state index is 11.4. The molecule has 0 spiro atoms. The van der Waals surface area contributed by atoms with Gasteiger partial charge in [0.25, 0.3) is 0 Å². The van der Waals surface area contributed by atoms with Gasteiger partial charge in [-0.05, 0) is 20.3 Å². The molecule has 1 heterocycles. The predicted octanol–water partition coefficient (Wildman–Crippen LogP) is 0.622. The van der Waals surface area contributed by atoms with Crippen LogP contribution in [-0.2, 0) is 9.53 Å². The Bertz CT molecular complexity index is 209. The maximum atomic E-state index is 11.4. The molecule has 1 saturated heterocycles. The van der Waals surface area contributed by atoms with Crippen LogP contribution in [0.15, 0.2) is 0 Å². The third-order valence-electron chi connectivity index (χ3n) is 2.65. The maximum Gasteiger partial charge on any atom is 0.222 e. The molecule has 0 bridgehead atoms. The molecule has 2 unspecified atom stereocenters. The zero-order valence-corrected chi connectivity index (χ0v) is 9.95. The number of methoxy groups -OCH3 is 1. The summed E-state index contributed by atoms with van der Waals surface area (Å²) < 4.78 is 5.05. The Hall–Kier alpha value is -0.610. The lowest BCUT2D eigenvalue weighted by Gasteiger charge is -2.24. The summed E-state index contributed by atoms with van der Waals surface area (Å²) in [6.45, 7) is 6.64. The van der Waals surface area contributed by atoms with E-state index in [1.807, 2.05) is 4.90 Å². The average molecular weight is 214 g/mol. The lowest BCUT2D eigenvalue weighted by molar-refractivity contribution is -0.128. The summed E-state index contributed by atoms with van der Waals surface area (Å²) in [6, 6.07) is 0.667. The van der Waals surface area contributed by atoms with E-state index in [1.165, 1.54) is 0 Å². The van der Waals surface area contributed by atoms with Gasteiger partial charge < -0.3 is 15.0 Å². The molecular formula is C11H22N2O2. The molecule has 0 radical (unpaired) electrons. The van der Waals surface area contributed by atoms with Crippen molar-refractivity contribution in [2.24, 2.45) is 0 Å². The first-order chi connectivity index (χ1) is 7.13. The molecule has 0 saturated carbocycles. The quantitative estimate of drug-likeness (QED) is 0.705. The molecule has 1 N–H and O–H groups in total. The molecule has 1 aliphatic rings. The first-order valence-corrected chi connectivity index (χ1v) is 5.66. The number of likely N-dealkylation sites (tertiary alicyclic amines) is 1. The second-order valence-electron chi connectivity index (χ2n) is 4.37. The van der Waals surface area contributed by atoms with Gasteiger partial charge in [-0.3, -0.25) is 4.79 Å². The number of carbonyl (C=O) groups is 1. The van der Waals surface area contributed by atoms with E-state index in [-0.39, 0.29) is 0 Å². The summed E-state index contributed by atoms with van der Waals surface area (Å²) >= 11 is 0. The number of ether oxygens (including phenoxy) is 1. The molecule has 2 atom stereocenters. The Balaban J connectivity index is 2.22. The van der Waals surface area contributed by atoms with Crippen molar-refractivity contribution in [2.45, 2.75) is 38.8 Å². The van der Waals surface area contributed by atoms with Gasteiger partial charge in [0.15, 0.2) is 0 Å². The molecule has 0 aliphatic carbocycles. The van der Waals surface area contributed by atoms with Crippen LogP contribution in [-0.4, -0.2) is 49.7 Å². The van der Waals surface area contributed by atoms with Crippen LogP contribution in [0.5, 0.6) is 0 Å². The van der Waals surface area contributed by atoms with E-state index in [0.29, 0.717) is 24.6 Å². The van der Waals surface area contributed by atoms with Gasteiger partial charge in [-0.15, -0.1) is 0 Å². The summed E-state index contributed by atoms with van der Waals surface area (Å²) in [7, 11) is 1.70. The normalized spacial score (nSPS) is 20.7. The Morgan fingerprint density at radius 3 is 2.73 bits per heavy atom. The number of carbonyl (C=O) groups excluding carboxylic acids is 1. The average Bonchev–Trinajstić information content (AvgIpc) is 2.52. The molecule has 1 amide bonds. The lowest BCUT2D eigenvalue weighted by atomic mass is 10.2. The minimum Gasteiger partial charge on any atom is -0.383 e. The van der Waals surface area contributed by atoms with Crippen LogP contribution in [0, 0.1) is 0 Å². The highest BCUT2D eigenvalue weighted by Gasteiger charge is 2.21. The van der Waals surface area contributed by atoms with Gasteiger partial charge in [0.2, 0.25) is 5.91 Å². The Morgan fingerprint density at radius 2 is 2.20 bits per heavy atom. The standard InChI is InChI=1S/C11H22N2O2/c1-9(12-10(2)8-15-3)7-13-6-4-5-11(13)14/h9-10,12H,4-8H2,1-3H3. The summed E-state index contributed by atoms with van der Waals surface area (Å²) in [5.74, 6) is 0.294. The van der Waals surface area contributed by atoms with Crippen LogP contribution in [0.25, 0.3) is 0 Å². The van der Waals surface area contributed by atoms with Crippen LogP contribution < -0.4 is 5.32 Å². The zero-order valence-electron chi connectivity index (χ0n) is 9.95. The third-order valence-corrected chi connectivity index (χ3v) is 2.65. The van der Waals surface area contributed by atoms with E-state index < -0.39 is 0 Å². The van der Waals surface area contributed by atoms with E-state index in [9.17, 15) is 4.79 Å². The van der Waals surface area contributed by atoms with E-state index in [0.717, 1.165) is 25.9 Å². The predicted molar refractivity (Wildman–Crippen MR) is 59.7 cm³/mol. The first kappa shape index (κ1) is 12.5. The number of amides is 1. The molecule has 4 nitrogen and oxygen atoms in total. The summed E-state index contributed by atoms with van der Waals surface area (Å²) in [5, 5.41) is 3.41. The molecule has 0 aromatic carbocycles. The van der Waals surface area contributed by atoms with Crippen molar-refractivity contribution in [3.8, 4) is 0 Å². The minimum atomic E-state index is 0.294.